The fourth-order valence-corrected chi connectivity index (χ4v) is 6.52. The highest BCUT2D eigenvalue weighted by Gasteiger charge is 2.55. The molecule has 4 atom stereocenters. The van der Waals surface area contributed by atoms with Crippen LogP contribution in [0.2, 0.25) is 0 Å². The Kier molecular flexibility index (Phi) is 9.74. The third-order valence-electron chi connectivity index (χ3n) is 8.62. The fraction of sp³-hybridized carbons (Fsp3) is 0.724. The zero-order valence-electron chi connectivity index (χ0n) is 22.7. The van der Waals surface area contributed by atoms with Gasteiger partial charge in [0.05, 0.1) is 19.5 Å². The third-order valence-corrected chi connectivity index (χ3v) is 8.62. The van der Waals surface area contributed by atoms with Gasteiger partial charge in [0, 0.05) is 12.6 Å². The molecule has 2 aliphatic rings. The first-order chi connectivity index (χ1) is 16.8. The molecule has 6 heteroatoms. The molecule has 4 unspecified atom stereocenters. The normalized spacial score (nSPS) is 28.3. The van der Waals surface area contributed by atoms with Gasteiger partial charge in [0.15, 0.2) is 5.54 Å². The average molecular weight is 488 g/mol. The van der Waals surface area contributed by atoms with Crippen molar-refractivity contribution >= 4 is 12.3 Å². The summed E-state index contributed by atoms with van der Waals surface area (Å²) in [5.41, 5.74) is 0.247. The second kappa shape index (κ2) is 12.3. The van der Waals surface area contributed by atoms with Gasteiger partial charge in [-0.3, -0.25) is 4.99 Å². The van der Waals surface area contributed by atoms with Gasteiger partial charge in [-0.2, -0.15) is 0 Å². The molecule has 0 N–H and O–H groups in total. The number of unbranched alkanes of at least 4 members (excludes halogenated alkanes) is 1. The van der Waals surface area contributed by atoms with Crippen molar-refractivity contribution in [3.8, 4) is 0 Å². The molecule has 1 aliphatic heterocycles. The number of rotatable bonds is 11. The Balaban J connectivity index is 1.76. The van der Waals surface area contributed by atoms with Gasteiger partial charge in [0.25, 0.3) is 0 Å². The largest absolute Gasteiger partial charge is 0.467 e. The number of ether oxygens (including phenoxy) is 1. The average Bonchev–Trinajstić information content (AvgIpc) is 3.21. The molecule has 3 rings (SSSR count). The van der Waals surface area contributed by atoms with E-state index in [1.54, 1.807) is 6.07 Å². The maximum atomic E-state index is 14.0. The van der Waals surface area contributed by atoms with Gasteiger partial charge in [-0.05, 0) is 75.2 Å². The molecule has 35 heavy (non-hydrogen) atoms. The Hall–Kier alpha value is -1.95. The first-order valence-corrected chi connectivity index (χ1v) is 13.6. The molecule has 1 aromatic rings. The van der Waals surface area contributed by atoms with Crippen molar-refractivity contribution < 1.29 is 13.9 Å². The van der Waals surface area contributed by atoms with Crippen molar-refractivity contribution in [3.63, 3.8) is 0 Å². The lowest BCUT2D eigenvalue weighted by Gasteiger charge is -2.42. The third kappa shape index (κ3) is 5.90. The summed E-state index contributed by atoms with van der Waals surface area (Å²) in [4.78, 5) is 22.7. The highest BCUT2D eigenvalue weighted by molar-refractivity contribution is 5.87. The van der Waals surface area contributed by atoms with E-state index in [-0.39, 0.29) is 29.8 Å². The van der Waals surface area contributed by atoms with Gasteiger partial charge >= 0.3 is 5.97 Å². The van der Waals surface area contributed by atoms with Crippen LogP contribution < -0.4 is 0 Å². The molecular weight excluding hydrogens is 441 g/mol. The Morgan fingerprint density at radius 1 is 1.26 bits per heavy atom. The van der Waals surface area contributed by atoms with Crippen molar-refractivity contribution in [2.24, 2.45) is 22.7 Å². The summed E-state index contributed by atoms with van der Waals surface area (Å²) < 4.78 is 19.3. The van der Waals surface area contributed by atoms with Gasteiger partial charge in [-0.1, -0.05) is 58.6 Å². The highest BCUT2D eigenvalue weighted by Crippen LogP contribution is 2.45. The first kappa shape index (κ1) is 27.6. The summed E-state index contributed by atoms with van der Waals surface area (Å²) in [6.45, 7) is 7.40. The van der Waals surface area contributed by atoms with Crippen LogP contribution in [0.1, 0.15) is 83.7 Å². The number of nitrogens with zero attached hydrogens (tertiary/aromatic N) is 3. The number of esters is 1. The molecule has 196 valence electrons. The number of carbonyl (C=O) groups is 1. The molecule has 1 heterocycles. The summed E-state index contributed by atoms with van der Waals surface area (Å²) in [5, 5.41) is 0. The number of hydrogen-bond acceptors (Lipinski definition) is 5. The highest BCUT2D eigenvalue weighted by atomic mass is 19.1. The number of carbonyl (C=O) groups excluding carboxylic acids is 1. The van der Waals surface area contributed by atoms with Crippen LogP contribution in [-0.2, 0) is 9.53 Å². The SMILES string of the molecule is CCCCN1C=NC(C(=O)OC)(C(C)CC)C1CC1CCC(C(c2cccc(F)c2)N(C)C)CC1. The van der Waals surface area contributed by atoms with Crippen molar-refractivity contribution in [1.82, 2.24) is 9.80 Å². The van der Waals surface area contributed by atoms with E-state index in [0.29, 0.717) is 11.8 Å². The molecule has 0 aromatic heterocycles. The number of benzene rings is 1. The van der Waals surface area contributed by atoms with E-state index < -0.39 is 5.54 Å². The summed E-state index contributed by atoms with van der Waals surface area (Å²) in [6.07, 6.45) is 10.5. The Bertz CT molecular complexity index is 852. The zero-order valence-corrected chi connectivity index (χ0v) is 22.7. The molecule has 1 aliphatic carbocycles. The van der Waals surface area contributed by atoms with Crippen LogP contribution >= 0.6 is 0 Å². The van der Waals surface area contributed by atoms with Crippen LogP contribution in [0.4, 0.5) is 4.39 Å². The van der Waals surface area contributed by atoms with E-state index in [4.69, 9.17) is 9.73 Å². The smallest absolute Gasteiger partial charge is 0.336 e. The molecule has 1 fully saturated rings. The van der Waals surface area contributed by atoms with E-state index >= 15 is 0 Å². The van der Waals surface area contributed by atoms with Crippen molar-refractivity contribution in [1.29, 1.82) is 0 Å². The minimum atomic E-state index is -0.818. The Labute approximate surface area is 212 Å². The number of halogens is 1. The Morgan fingerprint density at radius 3 is 2.54 bits per heavy atom. The van der Waals surface area contributed by atoms with Crippen molar-refractivity contribution in [3.05, 3.63) is 35.6 Å². The van der Waals surface area contributed by atoms with Crippen molar-refractivity contribution in [2.45, 2.75) is 89.8 Å². The minimum Gasteiger partial charge on any atom is -0.467 e. The van der Waals surface area contributed by atoms with E-state index in [1.807, 2.05) is 12.4 Å². The molecule has 5 nitrogen and oxygen atoms in total. The van der Waals surface area contributed by atoms with Crippen LogP contribution in [0.25, 0.3) is 0 Å². The van der Waals surface area contributed by atoms with Crippen LogP contribution in [0, 0.1) is 23.6 Å². The van der Waals surface area contributed by atoms with Gasteiger partial charge in [-0.25, -0.2) is 9.18 Å². The lowest BCUT2D eigenvalue weighted by Crippen LogP contribution is -2.56. The Morgan fingerprint density at radius 2 is 1.97 bits per heavy atom. The number of hydrogen-bond donors (Lipinski definition) is 0. The summed E-state index contributed by atoms with van der Waals surface area (Å²) >= 11 is 0. The predicted molar refractivity (Wildman–Crippen MR) is 141 cm³/mol. The van der Waals surface area contributed by atoms with Crippen LogP contribution in [0.3, 0.4) is 0 Å². The lowest BCUT2D eigenvalue weighted by atomic mass is 9.70. The molecule has 0 amide bonds. The zero-order chi connectivity index (χ0) is 25.6. The van der Waals surface area contributed by atoms with Gasteiger partial charge in [0.1, 0.15) is 5.82 Å². The maximum absolute atomic E-state index is 14.0. The molecular formula is C29H46FN3O2. The summed E-state index contributed by atoms with van der Waals surface area (Å²) in [7, 11) is 5.69. The molecule has 0 bridgehead atoms. The molecule has 0 radical (unpaired) electrons. The van der Waals surface area contributed by atoms with E-state index in [0.717, 1.165) is 63.5 Å². The van der Waals surface area contributed by atoms with E-state index in [9.17, 15) is 9.18 Å². The molecule has 1 aromatic carbocycles. The number of methoxy groups -OCH3 is 1. The molecule has 0 saturated heterocycles. The van der Waals surface area contributed by atoms with E-state index in [2.05, 4.69) is 50.7 Å². The predicted octanol–water partition coefficient (Wildman–Crippen LogP) is 6.10. The van der Waals surface area contributed by atoms with Crippen LogP contribution in [0.15, 0.2) is 29.3 Å². The fourth-order valence-electron chi connectivity index (χ4n) is 6.52. The second-order valence-corrected chi connectivity index (χ2v) is 11.0. The topological polar surface area (TPSA) is 45.1 Å². The lowest BCUT2D eigenvalue weighted by molar-refractivity contribution is -0.151. The minimum absolute atomic E-state index is 0.0471. The van der Waals surface area contributed by atoms with Gasteiger partial charge in [0.2, 0.25) is 0 Å². The maximum Gasteiger partial charge on any atom is 0.336 e. The first-order valence-electron chi connectivity index (χ1n) is 13.6. The molecule has 1 saturated carbocycles. The summed E-state index contributed by atoms with van der Waals surface area (Å²) in [5.74, 6) is 0.801. The number of aliphatic imine (C=N–C) groups is 1. The van der Waals surface area contributed by atoms with Gasteiger partial charge < -0.3 is 14.5 Å². The molecule has 0 spiro atoms. The quantitative estimate of drug-likeness (QED) is 0.354. The van der Waals surface area contributed by atoms with Gasteiger partial charge in [-0.15, -0.1) is 0 Å². The van der Waals surface area contributed by atoms with Crippen LogP contribution in [-0.4, -0.2) is 61.4 Å². The summed E-state index contributed by atoms with van der Waals surface area (Å²) in [6, 6.07) is 7.35. The monoisotopic (exact) mass is 487 g/mol. The second-order valence-electron chi connectivity index (χ2n) is 11.0. The van der Waals surface area contributed by atoms with Crippen LogP contribution in [0.5, 0.6) is 0 Å². The standard InChI is InChI=1S/C29H46FN3O2/c1-7-9-17-33-20-31-29(21(3)8-2,28(34)35-6)26(33)18-22-13-15-23(16-14-22)27(32(4)5)24-11-10-12-25(30)19-24/h10-12,19-23,26-27H,7-9,13-18H2,1-6H3. The van der Waals surface area contributed by atoms with Crippen molar-refractivity contribution in [2.75, 3.05) is 27.7 Å². The van der Waals surface area contributed by atoms with E-state index in [1.165, 1.54) is 13.2 Å².